The molecule has 0 aliphatic carbocycles. The summed E-state index contributed by atoms with van der Waals surface area (Å²) in [5, 5.41) is 21.4. The Morgan fingerprint density at radius 1 is 1.10 bits per heavy atom. The van der Waals surface area contributed by atoms with Crippen molar-refractivity contribution < 1.29 is 24.6 Å². The molecule has 1 heterocycles. The Balaban J connectivity index is 2.45. The van der Waals surface area contributed by atoms with Gasteiger partial charge in [0.15, 0.2) is 0 Å². The lowest BCUT2D eigenvalue weighted by Gasteiger charge is -2.35. The molecule has 29 heavy (non-hydrogen) atoms. The molecule has 1 fully saturated rings. The number of nitrogens with one attached hydrogen (secondary N) is 1. The molecule has 7 nitrogen and oxygen atoms in total. The van der Waals surface area contributed by atoms with Gasteiger partial charge in [-0.3, -0.25) is 14.4 Å². The largest absolute Gasteiger partial charge is 0.481 e. The van der Waals surface area contributed by atoms with E-state index < -0.39 is 23.5 Å². The van der Waals surface area contributed by atoms with Crippen LogP contribution in [0, 0.1) is 5.41 Å². The normalized spacial score (nSPS) is 20.3. The van der Waals surface area contributed by atoms with Crippen molar-refractivity contribution in [2.24, 2.45) is 5.41 Å². The number of carbonyl (C=O) groups excluding carboxylic acids is 2. The highest BCUT2D eigenvalue weighted by atomic mass is 16.4. The molecule has 1 saturated heterocycles. The summed E-state index contributed by atoms with van der Waals surface area (Å²) in [5.41, 5.74) is -0.448. The summed E-state index contributed by atoms with van der Waals surface area (Å²) >= 11 is 0. The quantitative estimate of drug-likeness (QED) is 0.339. The van der Waals surface area contributed by atoms with Crippen molar-refractivity contribution in [3.63, 3.8) is 0 Å². The second kappa shape index (κ2) is 12.0. The van der Waals surface area contributed by atoms with Crippen molar-refractivity contribution >= 4 is 17.8 Å². The Kier molecular flexibility index (Phi) is 10.4. The highest BCUT2D eigenvalue weighted by Crippen LogP contribution is 2.26. The van der Waals surface area contributed by atoms with Crippen LogP contribution >= 0.6 is 0 Å². The molecule has 0 aromatic heterocycles. The average molecular weight is 411 g/mol. The van der Waals surface area contributed by atoms with Crippen LogP contribution in [0.3, 0.4) is 0 Å². The van der Waals surface area contributed by atoms with E-state index in [-0.39, 0.29) is 30.8 Å². The first-order valence-electron chi connectivity index (χ1n) is 10.7. The fourth-order valence-corrected chi connectivity index (χ4v) is 3.64. The van der Waals surface area contributed by atoms with Gasteiger partial charge >= 0.3 is 5.97 Å². The van der Waals surface area contributed by atoms with Gasteiger partial charge < -0.3 is 20.4 Å². The van der Waals surface area contributed by atoms with Crippen molar-refractivity contribution in [1.82, 2.24) is 10.2 Å². The molecular formula is C22H38N2O5. The van der Waals surface area contributed by atoms with Crippen molar-refractivity contribution in [3.8, 4) is 0 Å². The highest BCUT2D eigenvalue weighted by Gasteiger charge is 2.40. The van der Waals surface area contributed by atoms with Gasteiger partial charge in [-0.25, -0.2) is 0 Å². The van der Waals surface area contributed by atoms with E-state index in [0.717, 1.165) is 32.1 Å². The third-order valence-corrected chi connectivity index (χ3v) is 5.34. The third kappa shape index (κ3) is 8.98. The standard InChI is InChI=1S/C22H38N2O5/c1-5-16-14-17(25)15-24(16)21(29)20(22(2,3)4)23-18(26)12-10-8-6-7-9-11-13-19(27)28/h5,16-17,20,25H,1,6-15H2,2-4H3,(H,23,26)(H,27,28)/t16-,17-,20-/m1/s1. The number of aliphatic hydroxyl groups is 1. The van der Waals surface area contributed by atoms with Crippen LogP contribution in [-0.2, 0) is 14.4 Å². The average Bonchev–Trinajstić information content (AvgIpc) is 3.01. The molecular weight excluding hydrogens is 372 g/mol. The monoisotopic (exact) mass is 410 g/mol. The van der Waals surface area contributed by atoms with Crippen LogP contribution in [0.4, 0.5) is 0 Å². The fourth-order valence-electron chi connectivity index (χ4n) is 3.64. The number of unbranched alkanes of at least 4 members (excludes halogenated alkanes) is 5. The predicted molar refractivity (Wildman–Crippen MR) is 112 cm³/mol. The number of carboxylic acids is 1. The molecule has 0 aromatic carbocycles. The Labute approximate surface area is 174 Å². The summed E-state index contributed by atoms with van der Waals surface area (Å²) in [4.78, 5) is 37.6. The molecule has 0 spiro atoms. The summed E-state index contributed by atoms with van der Waals surface area (Å²) in [7, 11) is 0. The van der Waals surface area contributed by atoms with Crippen LogP contribution in [0.2, 0.25) is 0 Å². The summed E-state index contributed by atoms with van der Waals surface area (Å²) in [6, 6.07) is -0.862. The minimum atomic E-state index is -0.757. The van der Waals surface area contributed by atoms with E-state index in [1.165, 1.54) is 0 Å². The van der Waals surface area contributed by atoms with E-state index in [1.54, 1.807) is 11.0 Å². The molecule has 0 bridgehead atoms. The molecule has 0 saturated carbocycles. The first-order valence-corrected chi connectivity index (χ1v) is 10.7. The number of likely N-dealkylation sites (tertiary alicyclic amines) is 1. The maximum absolute atomic E-state index is 13.1. The summed E-state index contributed by atoms with van der Waals surface area (Å²) in [6.07, 6.45) is 7.35. The van der Waals surface area contributed by atoms with E-state index in [0.29, 0.717) is 19.3 Å². The lowest BCUT2D eigenvalue weighted by molar-refractivity contribution is -0.140. The number of rotatable bonds is 12. The molecule has 1 aliphatic heterocycles. The highest BCUT2D eigenvalue weighted by molar-refractivity contribution is 5.88. The van der Waals surface area contributed by atoms with Crippen LogP contribution in [-0.4, -0.2) is 57.6 Å². The van der Waals surface area contributed by atoms with E-state index in [1.807, 2.05) is 20.8 Å². The summed E-state index contributed by atoms with van der Waals surface area (Å²) in [6.45, 7) is 9.78. The molecule has 0 radical (unpaired) electrons. The molecule has 1 aliphatic rings. The zero-order valence-electron chi connectivity index (χ0n) is 18.2. The maximum atomic E-state index is 13.1. The molecule has 3 atom stereocenters. The second-order valence-electron chi connectivity index (χ2n) is 9.06. The Morgan fingerprint density at radius 2 is 1.66 bits per heavy atom. The molecule has 3 N–H and O–H groups in total. The molecule has 7 heteroatoms. The van der Waals surface area contributed by atoms with Crippen LogP contribution < -0.4 is 5.32 Å². The fraction of sp³-hybridized carbons (Fsp3) is 0.773. The van der Waals surface area contributed by atoms with Gasteiger partial charge in [0.2, 0.25) is 11.8 Å². The number of carboxylic acid groups (broad SMARTS) is 1. The predicted octanol–water partition coefficient (Wildman–Crippen LogP) is 2.87. The third-order valence-electron chi connectivity index (χ3n) is 5.34. The summed E-state index contributed by atoms with van der Waals surface area (Å²) < 4.78 is 0. The van der Waals surface area contributed by atoms with E-state index in [9.17, 15) is 19.5 Å². The van der Waals surface area contributed by atoms with E-state index >= 15 is 0 Å². The molecule has 0 unspecified atom stereocenters. The van der Waals surface area contributed by atoms with Crippen molar-refractivity contribution in [2.75, 3.05) is 6.54 Å². The van der Waals surface area contributed by atoms with Crippen molar-refractivity contribution in [1.29, 1.82) is 0 Å². The zero-order valence-corrected chi connectivity index (χ0v) is 18.2. The van der Waals surface area contributed by atoms with Gasteiger partial charge in [0.25, 0.3) is 0 Å². The Bertz CT molecular complexity index is 570. The van der Waals surface area contributed by atoms with Gasteiger partial charge in [0.1, 0.15) is 6.04 Å². The first-order chi connectivity index (χ1) is 13.6. The number of carbonyl (C=O) groups is 3. The van der Waals surface area contributed by atoms with E-state index in [2.05, 4.69) is 11.9 Å². The lowest BCUT2D eigenvalue weighted by atomic mass is 9.85. The van der Waals surface area contributed by atoms with Gasteiger partial charge in [-0.1, -0.05) is 52.5 Å². The zero-order chi connectivity index (χ0) is 22.0. The van der Waals surface area contributed by atoms with Crippen molar-refractivity contribution in [2.45, 2.75) is 96.7 Å². The van der Waals surface area contributed by atoms with Crippen LogP contribution in [0.1, 0.15) is 78.6 Å². The minimum absolute atomic E-state index is 0.140. The molecule has 0 aromatic rings. The van der Waals surface area contributed by atoms with Gasteiger partial charge in [0.05, 0.1) is 12.1 Å². The molecule has 2 amide bonds. The number of aliphatic hydroxyl groups excluding tert-OH is 1. The number of hydrogen-bond acceptors (Lipinski definition) is 4. The lowest BCUT2D eigenvalue weighted by Crippen LogP contribution is -2.55. The second-order valence-corrected chi connectivity index (χ2v) is 9.06. The molecule has 1 rings (SSSR count). The number of amides is 2. The van der Waals surface area contributed by atoms with Crippen LogP contribution in [0.5, 0.6) is 0 Å². The number of β-amino-alcohol motifs (C(OH)–C–C–N with tert-alkyl or cyclic N) is 1. The minimum Gasteiger partial charge on any atom is -0.481 e. The van der Waals surface area contributed by atoms with Gasteiger partial charge in [-0.15, -0.1) is 6.58 Å². The SMILES string of the molecule is C=C[C@@H]1C[C@@H](O)CN1C(=O)[C@@H](NC(=O)CCCCCCCCC(=O)O)C(C)(C)C. The topological polar surface area (TPSA) is 107 Å². The van der Waals surface area contributed by atoms with Gasteiger partial charge in [-0.2, -0.15) is 0 Å². The maximum Gasteiger partial charge on any atom is 0.303 e. The Morgan fingerprint density at radius 3 is 2.17 bits per heavy atom. The molecule has 166 valence electrons. The van der Waals surface area contributed by atoms with Crippen LogP contribution in [0.15, 0.2) is 12.7 Å². The Hall–Kier alpha value is -1.89. The van der Waals surface area contributed by atoms with Gasteiger partial charge in [0, 0.05) is 19.4 Å². The number of nitrogens with zero attached hydrogens (tertiary/aromatic N) is 1. The van der Waals surface area contributed by atoms with Crippen molar-refractivity contribution in [3.05, 3.63) is 12.7 Å². The first kappa shape index (κ1) is 25.1. The number of hydrogen-bond donors (Lipinski definition) is 3. The smallest absolute Gasteiger partial charge is 0.303 e. The summed E-state index contributed by atoms with van der Waals surface area (Å²) in [5.74, 6) is -1.07. The van der Waals surface area contributed by atoms with Gasteiger partial charge in [-0.05, 0) is 24.7 Å². The van der Waals surface area contributed by atoms with Crippen LogP contribution in [0.25, 0.3) is 0 Å². The number of aliphatic carboxylic acids is 1. The van der Waals surface area contributed by atoms with E-state index in [4.69, 9.17) is 5.11 Å².